The third-order valence-corrected chi connectivity index (χ3v) is 3.54. The van der Waals surface area contributed by atoms with Crippen LogP contribution in [0.4, 0.5) is 4.39 Å². The molecule has 0 fully saturated rings. The van der Waals surface area contributed by atoms with Gasteiger partial charge in [0.05, 0.1) is 0 Å². The highest BCUT2D eigenvalue weighted by atomic mass is 79.9. The predicted octanol–water partition coefficient (Wildman–Crippen LogP) is 4.23. The topological polar surface area (TPSA) is 34.1 Å². The molecule has 3 nitrogen and oxygen atoms in total. The lowest BCUT2D eigenvalue weighted by molar-refractivity contribution is 0.298. The fraction of sp³-hybridized carbons (Fsp3) is 0.312. The molecule has 0 radical (unpaired) electrons. The maximum atomic E-state index is 13.5. The van der Waals surface area contributed by atoms with Gasteiger partial charge < -0.3 is 10.1 Å². The minimum Gasteiger partial charge on any atom is -0.489 e. The smallest absolute Gasteiger partial charge is 0.124 e. The van der Waals surface area contributed by atoms with E-state index in [4.69, 9.17) is 4.74 Å². The molecule has 1 aromatic carbocycles. The zero-order valence-electron chi connectivity index (χ0n) is 12.1. The van der Waals surface area contributed by atoms with Crippen molar-refractivity contribution in [3.63, 3.8) is 0 Å². The molecule has 0 aliphatic heterocycles. The van der Waals surface area contributed by atoms with E-state index in [1.54, 1.807) is 18.5 Å². The molecule has 0 amide bonds. The minimum absolute atomic E-state index is 0.0290. The molecule has 1 aromatic heterocycles. The first kappa shape index (κ1) is 15.9. The van der Waals surface area contributed by atoms with Crippen LogP contribution in [-0.4, -0.2) is 11.5 Å². The van der Waals surface area contributed by atoms with Gasteiger partial charge in [0.2, 0.25) is 0 Å². The Labute approximate surface area is 132 Å². The molecule has 21 heavy (non-hydrogen) atoms. The van der Waals surface area contributed by atoms with Gasteiger partial charge in [-0.05, 0) is 53.7 Å². The summed E-state index contributed by atoms with van der Waals surface area (Å²) in [7, 11) is 0. The fourth-order valence-electron chi connectivity index (χ4n) is 2.10. The second kappa shape index (κ2) is 7.52. The van der Waals surface area contributed by atoms with Crippen LogP contribution in [0.3, 0.4) is 0 Å². The van der Waals surface area contributed by atoms with Gasteiger partial charge in [0.1, 0.15) is 18.2 Å². The highest BCUT2D eigenvalue weighted by molar-refractivity contribution is 9.10. The van der Waals surface area contributed by atoms with Crippen LogP contribution in [-0.2, 0) is 6.61 Å². The van der Waals surface area contributed by atoms with E-state index < -0.39 is 0 Å². The molecular formula is C16H18BrFN2O. The van der Waals surface area contributed by atoms with Crippen molar-refractivity contribution in [2.24, 2.45) is 0 Å². The van der Waals surface area contributed by atoms with Crippen LogP contribution in [0.2, 0.25) is 0 Å². The van der Waals surface area contributed by atoms with E-state index in [-0.39, 0.29) is 11.9 Å². The lowest BCUT2D eigenvalue weighted by Gasteiger charge is -2.18. The summed E-state index contributed by atoms with van der Waals surface area (Å²) >= 11 is 3.38. The second-order valence-electron chi connectivity index (χ2n) is 4.76. The summed E-state index contributed by atoms with van der Waals surface area (Å²) in [4.78, 5) is 4.10. The zero-order valence-corrected chi connectivity index (χ0v) is 13.7. The first-order valence-corrected chi connectivity index (χ1v) is 7.64. The maximum absolute atomic E-state index is 13.5. The van der Waals surface area contributed by atoms with Crippen molar-refractivity contribution in [2.45, 2.75) is 26.5 Å². The largest absolute Gasteiger partial charge is 0.489 e. The molecular weight excluding hydrogens is 335 g/mol. The van der Waals surface area contributed by atoms with Gasteiger partial charge in [-0.25, -0.2) is 4.39 Å². The first-order chi connectivity index (χ1) is 10.1. The SMILES string of the molecule is CCNC(C)c1cc(F)ccc1OCc1cncc(Br)c1. The van der Waals surface area contributed by atoms with Crippen molar-refractivity contribution < 1.29 is 9.13 Å². The molecule has 1 unspecified atom stereocenters. The summed E-state index contributed by atoms with van der Waals surface area (Å²) in [6.45, 7) is 5.21. The van der Waals surface area contributed by atoms with Crippen molar-refractivity contribution in [1.82, 2.24) is 10.3 Å². The molecule has 0 aliphatic rings. The van der Waals surface area contributed by atoms with Crippen LogP contribution in [0.15, 0.2) is 41.1 Å². The zero-order chi connectivity index (χ0) is 15.2. The van der Waals surface area contributed by atoms with Crippen LogP contribution in [0.25, 0.3) is 0 Å². The monoisotopic (exact) mass is 352 g/mol. The van der Waals surface area contributed by atoms with E-state index in [0.717, 1.165) is 22.1 Å². The third kappa shape index (κ3) is 4.51. The van der Waals surface area contributed by atoms with Gasteiger partial charge in [-0.3, -0.25) is 4.98 Å². The Morgan fingerprint density at radius 2 is 2.14 bits per heavy atom. The Kier molecular flexibility index (Phi) is 5.70. The second-order valence-corrected chi connectivity index (χ2v) is 5.68. The third-order valence-electron chi connectivity index (χ3n) is 3.10. The minimum atomic E-state index is -0.258. The first-order valence-electron chi connectivity index (χ1n) is 6.85. The van der Waals surface area contributed by atoms with E-state index in [1.807, 2.05) is 19.9 Å². The number of rotatable bonds is 6. The number of hydrogen-bond acceptors (Lipinski definition) is 3. The van der Waals surface area contributed by atoms with Gasteiger partial charge in [-0.1, -0.05) is 6.92 Å². The summed E-state index contributed by atoms with van der Waals surface area (Å²) < 4.78 is 20.2. The number of nitrogens with one attached hydrogen (secondary N) is 1. The summed E-state index contributed by atoms with van der Waals surface area (Å²) in [5.41, 5.74) is 1.77. The van der Waals surface area contributed by atoms with Gasteiger partial charge in [-0.2, -0.15) is 0 Å². The number of aromatic nitrogens is 1. The lowest BCUT2D eigenvalue weighted by Crippen LogP contribution is -2.18. The van der Waals surface area contributed by atoms with Crippen molar-refractivity contribution in [2.75, 3.05) is 6.54 Å². The molecule has 0 saturated carbocycles. The number of pyridine rings is 1. The van der Waals surface area contributed by atoms with Gasteiger partial charge in [0.15, 0.2) is 0 Å². The van der Waals surface area contributed by atoms with Crippen molar-refractivity contribution in [3.05, 3.63) is 58.1 Å². The number of nitrogens with zero attached hydrogens (tertiary/aromatic N) is 1. The Morgan fingerprint density at radius 1 is 1.33 bits per heavy atom. The van der Waals surface area contributed by atoms with Crippen molar-refractivity contribution in [3.8, 4) is 5.75 Å². The summed E-state index contributed by atoms with van der Waals surface area (Å²) in [6.07, 6.45) is 3.47. The Bertz CT molecular complexity index is 607. The van der Waals surface area contributed by atoms with Crippen LogP contribution >= 0.6 is 15.9 Å². The van der Waals surface area contributed by atoms with Crippen LogP contribution in [0.1, 0.15) is 31.0 Å². The van der Waals surface area contributed by atoms with Crippen LogP contribution < -0.4 is 10.1 Å². The number of halogens is 2. The fourth-order valence-corrected chi connectivity index (χ4v) is 2.51. The normalized spacial score (nSPS) is 12.2. The van der Waals surface area contributed by atoms with E-state index in [2.05, 4.69) is 26.2 Å². The molecule has 1 heterocycles. The van der Waals surface area contributed by atoms with Crippen molar-refractivity contribution in [1.29, 1.82) is 0 Å². The molecule has 2 rings (SSSR count). The highest BCUT2D eigenvalue weighted by Gasteiger charge is 2.12. The molecule has 0 bridgehead atoms. The average Bonchev–Trinajstić information content (AvgIpc) is 2.46. The van der Waals surface area contributed by atoms with Crippen LogP contribution in [0.5, 0.6) is 5.75 Å². The maximum Gasteiger partial charge on any atom is 0.124 e. The predicted molar refractivity (Wildman–Crippen MR) is 84.8 cm³/mol. The molecule has 0 saturated heterocycles. The highest BCUT2D eigenvalue weighted by Crippen LogP contribution is 2.27. The summed E-state index contributed by atoms with van der Waals surface area (Å²) in [5.74, 6) is 0.427. The van der Waals surface area contributed by atoms with Gasteiger partial charge >= 0.3 is 0 Å². The summed E-state index contributed by atoms with van der Waals surface area (Å²) in [6, 6.07) is 6.58. The van der Waals surface area contributed by atoms with Gasteiger partial charge in [-0.15, -0.1) is 0 Å². The quantitative estimate of drug-likeness (QED) is 0.844. The Morgan fingerprint density at radius 3 is 2.86 bits per heavy atom. The van der Waals surface area contributed by atoms with E-state index in [0.29, 0.717) is 12.4 Å². The molecule has 0 spiro atoms. The Balaban J connectivity index is 2.15. The van der Waals surface area contributed by atoms with Crippen molar-refractivity contribution >= 4 is 15.9 Å². The lowest BCUT2D eigenvalue weighted by atomic mass is 10.1. The van der Waals surface area contributed by atoms with E-state index in [9.17, 15) is 4.39 Å². The van der Waals surface area contributed by atoms with E-state index in [1.165, 1.54) is 12.1 Å². The van der Waals surface area contributed by atoms with Gasteiger partial charge in [0.25, 0.3) is 0 Å². The average molecular weight is 353 g/mol. The van der Waals surface area contributed by atoms with Crippen LogP contribution in [0, 0.1) is 5.82 Å². The molecule has 1 N–H and O–H groups in total. The molecule has 0 aliphatic carbocycles. The molecule has 2 aromatic rings. The van der Waals surface area contributed by atoms with Gasteiger partial charge in [0, 0.05) is 34.0 Å². The van der Waals surface area contributed by atoms with E-state index >= 15 is 0 Å². The molecule has 1 atom stereocenters. The number of hydrogen-bond donors (Lipinski definition) is 1. The number of benzene rings is 1. The standard InChI is InChI=1S/C16H18BrFN2O/c1-3-20-11(2)15-7-14(18)4-5-16(15)21-10-12-6-13(17)9-19-8-12/h4-9,11,20H,3,10H2,1-2H3. The molecule has 112 valence electrons. The Hall–Kier alpha value is -1.46. The number of ether oxygens (including phenoxy) is 1. The molecule has 5 heteroatoms. The summed E-state index contributed by atoms with van der Waals surface area (Å²) in [5, 5.41) is 3.27.